The van der Waals surface area contributed by atoms with E-state index in [1.165, 1.54) is 6.07 Å². The molecule has 2 aromatic heterocycles. The first-order valence-corrected chi connectivity index (χ1v) is 6.10. The fourth-order valence-corrected chi connectivity index (χ4v) is 2.01. The monoisotopic (exact) mass is 256 g/mol. The maximum Gasteiger partial charge on any atom is 0.152 e. The summed E-state index contributed by atoms with van der Waals surface area (Å²) >= 11 is 0. The largest absolute Gasteiger partial charge is 0.368 e. The van der Waals surface area contributed by atoms with Gasteiger partial charge in [0.2, 0.25) is 0 Å². The van der Waals surface area contributed by atoms with Crippen LogP contribution in [0.25, 0.3) is 5.52 Å². The minimum Gasteiger partial charge on any atom is -0.368 e. The van der Waals surface area contributed by atoms with Gasteiger partial charge in [-0.1, -0.05) is 18.2 Å². The van der Waals surface area contributed by atoms with Crippen molar-refractivity contribution in [1.82, 2.24) is 14.6 Å². The van der Waals surface area contributed by atoms with E-state index in [0.29, 0.717) is 18.5 Å². The van der Waals surface area contributed by atoms with Crippen molar-refractivity contribution < 1.29 is 4.39 Å². The van der Waals surface area contributed by atoms with E-state index in [9.17, 15) is 4.39 Å². The van der Waals surface area contributed by atoms with Crippen LogP contribution in [0.2, 0.25) is 0 Å². The van der Waals surface area contributed by atoms with Crippen LogP contribution in [0.1, 0.15) is 5.56 Å². The van der Waals surface area contributed by atoms with E-state index in [1.807, 2.05) is 12.1 Å². The SMILES string of the molecule is Fc1ccccc1CCNc1nccn2nccc12. The number of nitrogens with one attached hydrogen (secondary N) is 1. The summed E-state index contributed by atoms with van der Waals surface area (Å²) in [5.74, 6) is 0.594. The molecule has 1 aromatic carbocycles. The maximum absolute atomic E-state index is 13.5. The highest BCUT2D eigenvalue weighted by molar-refractivity contribution is 5.66. The van der Waals surface area contributed by atoms with E-state index < -0.39 is 0 Å². The second-order valence-electron chi connectivity index (χ2n) is 4.21. The van der Waals surface area contributed by atoms with Crippen LogP contribution in [0.15, 0.2) is 48.9 Å². The van der Waals surface area contributed by atoms with Gasteiger partial charge >= 0.3 is 0 Å². The normalized spacial score (nSPS) is 10.8. The highest BCUT2D eigenvalue weighted by Crippen LogP contribution is 2.13. The number of hydrogen-bond acceptors (Lipinski definition) is 3. The van der Waals surface area contributed by atoms with Crippen molar-refractivity contribution in [3.8, 4) is 0 Å². The molecular formula is C14H13FN4. The number of rotatable bonds is 4. The number of fused-ring (bicyclic) bond motifs is 1. The third-order valence-electron chi connectivity index (χ3n) is 2.97. The van der Waals surface area contributed by atoms with Gasteiger partial charge in [0.15, 0.2) is 5.82 Å². The van der Waals surface area contributed by atoms with E-state index in [1.54, 1.807) is 35.2 Å². The Morgan fingerprint density at radius 3 is 2.95 bits per heavy atom. The van der Waals surface area contributed by atoms with Crippen molar-refractivity contribution >= 4 is 11.3 Å². The smallest absolute Gasteiger partial charge is 0.152 e. The molecule has 2 heterocycles. The Morgan fingerprint density at radius 2 is 2.05 bits per heavy atom. The third-order valence-corrected chi connectivity index (χ3v) is 2.97. The van der Waals surface area contributed by atoms with E-state index in [-0.39, 0.29) is 5.82 Å². The van der Waals surface area contributed by atoms with E-state index in [4.69, 9.17) is 0 Å². The second kappa shape index (κ2) is 5.06. The summed E-state index contributed by atoms with van der Waals surface area (Å²) < 4.78 is 15.2. The fraction of sp³-hybridized carbons (Fsp3) is 0.143. The molecule has 3 aromatic rings. The molecule has 0 saturated carbocycles. The van der Waals surface area contributed by atoms with E-state index in [0.717, 1.165) is 11.3 Å². The topological polar surface area (TPSA) is 42.2 Å². The summed E-state index contributed by atoms with van der Waals surface area (Å²) in [7, 11) is 0. The maximum atomic E-state index is 13.5. The second-order valence-corrected chi connectivity index (χ2v) is 4.21. The molecule has 0 aliphatic heterocycles. The highest BCUT2D eigenvalue weighted by atomic mass is 19.1. The Bertz CT molecular complexity index is 692. The Kier molecular flexibility index (Phi) is 3.10. The fourth-order valence-electron chi connectivity index (χ4n) is 2.01. The average Bonchev–Trinajstić information content (AvgIpc) is 2.90. The molecule has 0 amide bonds. The zero-order valence-electron chi connectivity index (χ0n) is 10.3. The van der Waals surface area contributed by atoms with Crippen LogP contribution in [0.5, 0.6) is 0 Å². The van der Waals surface area contributed by atoms with E-state index >= 15 is 0 Å². The van der Waals surface area contributed by atoms with Crippen molar-refractivity contribution in [3.05, 3.63) is 60.3 Å². The summed E-state index contributed by atoms with van der Waals surface area (Å²) in [6.45, 7) is 0.624. The summed E-state index contributed by atoms with van der Waals surface area (Å²) in [5, 5.41) is 7.35. The molecule has 1 N–H and O–H groups in total. The van der Waals surface area contributed by atoms with Crippen molar-refractivity contribution in [2.45, 2.75) is 6.42 Å². The highest BCUT2D eigenvalue weighted by Gasteiger charge is 2.03. The predicted molar refractivity (Wildman–Crippen MR) is 71.6 cm³/mol. The molecular weight excluding hydrogens is 243 g/mol. The van der Waals surface area contributed by atoms with Gasteiger partial charge in [-0.3, -0.25) is 0 Å². The first-order valence-electron chi connectivity index (χ1n) is 6.10. The van der Waals surface area contributed by atoms with Gasteiger partial charge in [0.05, 0.1) is 6.20 Å². The summed E-state index contributed by atoms with van der Waals surface area (Å²) in [5.41, 5.74) is 1.62. The third kappa shape index (κ3) is 2.40. The van der Waals surface area contributed by atoms with Crippen LogP contribution < -0.4 is 5.32 Å². The molecule has 4 nitrogen and oxygen atoms in total. The lowest BCUT2D eigenvalue weighted by atomic mass is 10.1. The zero-order valence-corrected chi connectivity index (χ0v) is 10.3. The molecule has 3 rings (SSSR count). The van der Waals surface area contributed by atoms with Crippen LogP contribution in [-0.4, -0.2) is 21.1 Å². The molecule has 0 fully saturated rings. The van der Waals surface area contributed by atoms with Crippen LogP contribution in [-0.2, 0) is 6.42 Å². The van der Waals surface area contributed by atoms with Gasteiger partial charge < -0.3 is 5.32 Å². The molecule has 0 radical (unpaired) electrons. The molecule has 0 saturated heterocycles. The Hall–Kier alpha value is -2.43. The van der Waals surface area contributed by atoms with Gasteiger partial charge in [-0.25, -0.2) is 13.9 Å². The number of aromatic nitrogens is 3. The average molecular weight is 256 g/mol. The van der Waals surface area contributed by atoms with Gasteiger partial charge in [-0.05, 0) is 24.1 Å². The van der Waals surface area contributed by atoms with Crippen LogP contribution in [0, 0.1) is 5.82 Å². The minimum absolute atomic E-state index is 0.167. The number of benzene rings is 1. The number of nitrogens with zero attached hydrogens (tertiary/aromatic N) is 3. The van der Waals surface area contributed by atoms with Gasteiger partial charge in [-0.15, -0.1) is 0 Å². The lowest BCUT2D eigenvalue weighted by Gasteiger charge is -2.07. The molecule has 0 aliphatic carbocycles. The lowest BCUT2D eigenvalue weighted by Crippen LogP contribution is -2.08. The first kappa shape index (κ1) is 11.6. The van der Waals surface area contributed by atoms with Crippen molar-refractivity contribution in [2.75, 3.05) is 11.9 Å². The van der Waals surface area contributed by atoms with Gasteiger partial charge in [0.25, 0.3) is 0 Å². The number of anilines is 1. The predicted octanol–water partition coefficient (Wildman–Crippen LogP) is 2.52. The Balaban J connectivity index is 1.70. The van der Waals surface area contributed by atoms with Crippen LogP contribution in [0.3, 0.4) is 0 Å². The summed E-state index contributed by atoms with van der Waals surface area (Å²) in [6, 6.07) is 8.70. The molecule has 0 aliphatic rings. The molecule has 5 heteroatoms. The summed E-state index contributed by atoms with van der Waals surface area (Å²) in [6.07, 6.45) is 5.81. The number of halogens is 1. The molecule has 0 atom stereocenters. The minimum atomic E-state index is -0.167. The molecule has 0 spiro atoms. The van der Waals surface area contributed by atoms with Crippen molar-refractivity contribution in [2.24, 2.45) is 0 Å². The van der Waals surface area contributed by atoms with Gasteiger partial charge in [-0.2, -0.15) is 5.10 Å². The first-order chi connectivity index (χ1) is 9.34. The van der Waals surface area contributed by atoms with Gasteiger partial charge in [0.1, 0.15) is 11.3 Å². The Morgan fingerprint density at radius 1 is 1.16 bits per heavy atom. The number of hydrogen-bond donors (Lipinski definition) is 1. The lowest BCUT2D eigenvalue weighted by molar-refractivity contribution is 0.610. The summed E-state index contributed by atoms with van der Waals surface area (Å²) in [4.78, 5) is 4.27. The molecule has 0 unspecified atom stereocenters. The van der Waals surface area contributed by atoms with Gasteiger partial charge in [0, 0.05) is 18.9 Å². The van der Waals surface area contributed by atoms with Crippen LogP contribution in [0.4, 0.5) is 10.2 Å². The van der Waals surface area contributed by atoms with Crippen molar-refractivity contribution in [3.63, 3.8) is 0 Å². The zero-order chi connectivity index (χ0) is 13.1. The standard InChI is InChI=1S/C14H13FN4/c15-12-4-2-1-3-11(12)5-7-16-14-13-6-8-18-19(13)10-9-17-14/h1-4,6,8-10H,5,7H2,(H,16,17). The molecule has 0 bridgehead atoms. The molecule has 19 heavy (non-hydrogen) atoms. The van der Waals surface area contributed by atoms with E-state index in [2.05, 4.69) is 15.4 Å². The molecule has 96 valence electrons. The van der Waals surface area contributed by atoms with Crippen LogP contribution >= 0.6 is 0 Å². The Labute approximate surface area is 109 Å². The quantitative estimate of drug-likeness (QED) is 0.780. The van der Waals surface area contributed by atoms with Crippen molar-refractivity contribution in [1.29, 1.82) is 0 Å².